The number of hydrogen-bond acceptors (Lipinski definition) is 4. The molecule has 0 bridgehead atoms. The van der Waals surface area contributed by atoms with Crippen molar-refractivity contribution in [3.05, 3.63) is 0 Å². The summed E-state index contributed by atoms with van der Waals surface area (Å²) in [5.74, 6) is 0.670. The second-order valence-corrected chi connectivity index (χ2v) is 4.25. The Morgan fingerprint density at radius 2 is 2.30 bits per heavy atom. The van der Waals surface area contributed by atoms with E-state index in [2.05, 4.69) is 15.6 Å². The Hall–Kier alpha value is 0.359. The summed E-state index contributed by atoms with van der Waals surface area (Å²) < 4.78 is 0. The standard InChI is InChI=1S/C5H11NO3Se/c1-10-3-2-4(6)5(7)8-9-5/h4,7H,2-3,6H2,1H3/t4-/m0/s1. The zero-order valence-corrected chi connectivity index (χ0v) is 7.45. The molecule has 1 aliphatic rings. The molecule has 4 nitrogen and oxygen atoms in total. The SMILES string of the molecule is C[Se]CC[C@H](N)C1(O)OO1. The Morgan fingerprint density at radius 3 is 2.70 bits per heavy atom. The van der Waals surface area contributed by atoms with Crippen LogP contribution in [0.5, 0.6) is 0 Å². The molecule has 0 aliphatic carbocycles. The summed E-state index contributed by atoms with van der Waals surface area (Å²) in [6.07, 6.45) is 0.757. The molecule has 1 fully saturated rings. The minimum atomic E-state index is -1.45. The predicted molar refractivity (Wildman–Crippen MR) is 36.1 cm³/mol. The fourth-order valence-electron chi connectivity index (χ4n) is 0.594. The topological polar surface area (TPSA) is 71.3 Å². The van der Waals surface area contributed by atoms with Gasteiger partial charge in [-0.15, -0.1) is 0 Å². The van der Waals surface area contributed by atoms with Gasteiger partial charge < -0.3 is 0 Å². The van der Waals surface area contributed by atoms with E-state index in [1.807, 2.05) is 0 Å². The van der Waals surface area contributed by atoms with E-state index in [1.54, 1.807) is 0 Å². The minimum absolute atomic E-state index is 0.394. The molecule has 0 aromatic carbocycles. The van der Waals surface area contributed by atoms with Gasteiger partial charge in [-0.05, 0) is 0 Å². The van der Waals surface area contributed by atoms with Crippen molar-refractivity contribution in [3.63, 3.8) is 0 Å². The molecule has 5 heteroatoms. The number of hydrogen-bond donors (Lipinski definition) is 2. The van der Waals surface area contributed by atoms with E-state index in [-0.39, 0.29) is 0 Å². The van der Waals surface area contributed by atoms with Gasteiger partial charge in [-0.3, -0.25) is 0 Å². The van der Waals surface area contributed by atoms with Gasteiger partial charge in [0, 0.05) is 0 Å². The predicted octanol–water partition coefficient (Wildman–Crippen LogP) is -0.518. The normalized spacial score (nSPS) is 24.3. The fourth-order valence-corrected chi connectivity index (χ4v) is 1.62. The van der Waals surface area contributed by atoms with Crippen molar-refractivity contribution >= 4 is 15.0 Å². The van der Waals surface area contributed by atoms with Crippen molar-refractivity contribution in [1.29, 1.82) is 0 Å². The maximum atomic E-state index is 9.06. The van der Waals surface area contributed by atoms with Crippen LogP contribution < -0.4 is 5.73 Å². The monoisotopic (exact) mass is 213 g/mol. The van der Waals surface area contributed by atoms with Crippen LogP contribution in [0.4, 0.5) is 0 Å². The Kier molecular flexibility index (Phi) is 2.68. The van der Waals surface area contributed by atoms with Gasteiger partial charge in [-0.1, -0.05) is 0 Å². The number of aliphatic hydroxyl groups is 1. The van der Waals surface area contributed by atoms with E-state index >= 15 is 0 Å². The third-order valence-electron chi connectivity index (χ3n) is 1.36. The Labute approximate surface area is 65.8 Å². The van der Waals surface area contributed by atoms with Crippen LogP contribution in [0, 0.1) is 0 Å². The number of nitrogens with two attached hydrogens (primary N) is 1. The molecular formula is C5H11NO3Se. The molecule has 1 saturated heterocycles. The number of rotatable bonds is 4. The van der Waals surface area contributed by atoms with Gasteiger partial charge in [0.1, 0.15) is 0 Å². The third kappa shape index (κ3) is 1.92. The van der Waals surface area contributed by atoms with Gasteiger partial charge in [-0.2, -0.15) is 0 Å². The van der Waals surface area contributed by atoms with Crippen LogP contribution in [0.25, 0.3) is 0 Å². The average molecular weight is 212 g/mol. The summed E-state index contributed by atoms with van der Waals surface area (Å²) in [6, 6.07) is -0.394. The molecule has 60 valence electrons. The van der Waals surface area contributed by atoms with Crippen LogP contribution in [-0.2, 0) is 9.78 Å². The first-order chi connectivity index (χ1) is 4.69. The third-order valence-corrected chi connectivity index (χ3v) is 2.71. The van der Waals surface area contributed by atoms with Crippen molar-refractivity contribution in [3.8, 4) is 0 Å². The summed E-state index contributed by atoms with van der Waals surface area (Å²) in [4.78, 5) is 8.58. The Bertz CT molecular complexity index is 117. The first-order valence-corrected chi connectivity index (χ1v) is 5.95. The van der Waals surface area contributed by atoms with Crippen molar-refractivity contribution in [2.24, 2.45) is 5.73 Å². The molecule has 0 spiro atoms. The second-order valence-electron chi connectivity index (χ2n) is 2.19. The van der Waals surface area contributed by atoms with Crippen LogP contribution in [0.15, 0.2) is 0 Å². The van der Waals surface area contributed by atoms with Crippen LogP contribution in [0.1, 0.15) is 6.42 Å². The Morgan fingerprint density at radius 1 is 1.70 bits per heavy atom. The molecule has 0 saturated carbocycles. The molecule has 1 atom stereocenters. The second kappa shape index (κ2) is 3.17. The van der Waals surface area contributed by atoms with Gasteiger partial charge in [0.05, 0.1) is 0 Å². The summed E-state index contributed by atoms with van der Waals surface area (Å²) in [5.41, 5.74) is 5.51. The summed E-state index contributed by atoms with van der Waals surface area (Å²) in [5, 5.41) is 10.1. The van der Waals surface area contributed by atoms with E-state index in [0.29, 0.717) is 15.0 Å². The molecule has 1 rings (SSSR count). The molecule has 3 N–H and O–H groups in total. The van der Waals surface area contributed by atoms with Crippen LogP contribution in [0.3, 0.4) is 0 Å². The van der Waals surface area contributed by atoms with Crippen LogP contribution in [0.2, 0.25) is 11.1 Å². The van der Waals surface area contributed by atoms with Crippen molar-refractivity contribution < 1.29 is 14.9 Å². The summed E-state index contributed by atoms with van der Waals surface area (Å²) in [6.45, 7) is 0. The van der Waals surface area contributed by atoms with Crippen LogP contribution in [-0.4, -0.2) is 32.1 Å². The first kappa shape index (κ1) is 8.46. The molecule has 0 radical (unpaired) electrons. The van der Waals surface area contributed by atoms with Crippen LogP contribution >= 0.6 is 0 Å². The molecule has 10 heavy (non-hydrogen) atoms. The quantitative estimate of drug-likeness (QED) is 0.373. The van der Waals surface area contributed by atoms with Gasteiger partial charge in [0.2, 0.25) is 0 Å². The summed E-state index contributed by atoms with van der Waals surface area (Å²) in [7, 11) is 0. The van der Waals surface area contributed by atoms with E-state index in [4.69, 9.17) is 10.8 Å². The van der Waals surface area contributed by atoms with Crippen molar-refractivity contribution in [2.45, 2.75) is 29.6 Å². The molecule has 1 aliphatic heterocycles. The van der Waals surface area contributed by atoms with Gasteiger partial charge >= 0.3 is 65.1 Å². The van der Waals surface area contributed by atoms with Gasteiger partial charge in [0.15, 0.2) is 0 Å². The fraction of sp³-hybridized carbons (Fsp3) is 1.00. The van der Waals surface area contributed by atoms with Gasteiger partial charge in [0.25, 0.3) is 0 Å². The average Bonchev–Trinajstić information content (AvgIpc) is 2.64. The molecule has 0 amide bonds. The zero-order chi connectivity index (χ0) is 7.61. The van der Waals surface area contributed by atoms with Crippen molar-refractivity contribution in [2.75, 3.05) is 0 Å². The molecule has 0 aromatic heterocycles. The van der Waals surface area contributed by atoms with Gasteiger partial charge in [-0.25, -0.2) is 0 Å². The molecule has 1 heterocycles. The first-order valence-electron chi connectivity index (χ1n) is 3.03. The molecule has 0 unspecified atom stereocenters. The zero-order valence-electron chi connectivity index (χ0n) is 5.74. The van der Waals surface area contributed by atoms with E-state index in [9.17, 15) is 0 Å². The van der Waals surface area contributed by atoms with E-state index in [1.165, 1.54) is 0 Å². The molecular weight excluding hydrogens is 201 g/mol. The van der Waals surface area contributed by atoms with E-state index < -0.39 is 12.0 Å². The maximum absolute atomic E-state index is 9.06. The molecule has 0 aromatic rings. The summed E-state index contributed by atoms with van der Waals surface area (Å²) >= 11 is 0.600. The van der Waals surface area contributed by atoms with E-state index in [0.717, 1.165) is 11.7 Å². The van der Waals surface area contributed by atoms with Crippen molar-refractivity contribution in [1.82, 2.24) is 0 Å². The Balaban J connectivity index is 2.15.